The molecular weight excluding hydrogens is 249 g/mol. The third-order valence-electron chi connectivity index (χ3n) is 2.42. The summed E-state index contributed by atoms with van der Waals surface area (Å²) in [5.41, 5.74) is -0.363. The molecule has 0 saturated carbocycles. The Morgan fingerprint density at radius 1 is 1.50 bits per heavy atom. The van der Waals surface area contributed by atoms with E-state index in [1.807, 2.05) is 4.90 Å². The van der Waals surface area contributed by atoms with Gasteiger partial charge in [0.05, 0.1) is 13.2 Å². The number of carboxylic acid groups (broad SMARTS) is 1. The van der Waals surface area contributed by atoms with Crippen molar-refractivity contribution < 1.29 is 44.2 Å². The standard InChI is InChI=1S/C10H13N3O4.Na/c14-9-6-8(13-1-3-17-4-2-13)11-7(12-9)5-10(15)16;/h6H,1-5H2,(H,15,16)(H,11,12,14);/q;+1/p-1. The molecule has 1 aliphatic heterocycles. The Kier molecular flexibility index (Phi) is 5.80. The second-order valence-electron chi connectivity index (χ2n) is 3.70. The van der Waals surface area contributed by atoms with E-state index in [4.69, 9.17) is 4.74 Å². The topological polar surface area (TPSA) is 98.3 Å². The van der Waals surface area contributed by atoms with Gasteiger partial charge in [-0.1, -0.05) is 0 Å². The van der Waals surface area contributed by atoms with E-state index in [2.05, 4.69) is 9.97 Å². The summed E-state index contributed by atoms with van der Waals surface area (Å²) in [4.78, 5) is 30.2. The first-order valence-electron chi connectivity index (χ1n) is 5.28. The second kappa shape index (κ2) is 6.89. The van der Waals surface area contributed by atoms with Crippen molar-refractivity contribution in [2.45, 2.75) is 6.42 Å². The van der Waals surface area contributed by atoms with Crippen LogP contribution in [0.25, 0.3) is 0 Å². The van der Waals surface area contributed by atoms with Crippen LogP contribution in [0.2, 0.25) is 0 Å². The van der Waals surface area contributed by atoms with E-state index in [1.165, 1.54) is 6.07 Å². The first-order chi connectivity index (χ1) is 8.15. The number of hydrogen-bond donors (Lipinski definition) is 1. The quantitative estimate of drug-likeness (QED) is 0.547. The van der Waals surface area contributed by atoms with Gasteiger partial charge in [-0.05, 0) is 0 Å². The SMILES string of the molecule is O=C([O-])Cc1nc(N2CCOCC2)cc(=O)[nH]1.[Na+]. The Hall–Kier alpha value is -0.890. The number of ether oxygens (including phenoxy) is 1. The van der Waals surface area contributed by atoms with Gasteiger partial charge in [-0.25, -0.2) is 4.98 Å². The number of carbonyl (C=O) groups is 1. The summed E-state index contributed by atoms with van der Waals surface area (Å²) in [5, 5.41) is 10.5. The molecule has 1 aromatic heterocycles. The molecular formula is C10H12N3NaO4. The van der Waals surface area contributed by atoms with E-state index in [0.717, 1.165) is 0 Å². The van der Waals surface area contributed by atoms with Gasteiger partial charge in [-0.15, -0.1) is 0 Å². The van der Waals surface area contributed by atoms with Crippen molar-refractivity contribution in [3.63, 3.8) is 0 Å². The molecule has 0 amide bonds. The average Bonchev–Trinajstić information content (AvgIpc) is 2.28. The zero-order valence-corrected chi connectivity index (χ0v) is 12.1. The van der Waals surface area contributed by atoms with Crippen LogP contribution in [0.4, 0.5) is 5.82 Å². The molecule has 0 aromatic carbocycles. The van der Waals surface area contributed by atoms with Crippen molar-refractivity contribution >= 4 is 11.8 Å². The van der Waals surface area contributed by atoms with Crippen LogP contribution in [0, 0.1) is 0 Å². The number of aliphatic carboxylic acids is 1. The van der Waals surface area contributed by atoms with Gasteiger partial charge < -0.3 is 24.5 Å². The van der Waals surface area contributed by atoms with Crippen LogP contribution in [-0.4, -0.2) is 42.2 Å². The normalized spacial score (nSPS) is 15.0. The Morgan fingerprint density at radius 3 is 2.78 bits per heavy atom. The largest absolute Gasteiger partial charge is 1.00 e. The van der Waals surface area contributed by atoms with Gasteiger partial charge in [0.1, 0.15) is 11.6 Å². The predicted octanol–water partition coefficient (Wildman–Crippen LogP) is -5.10. The third kappa shape index (κ3) is 4.09. The smallest absolute Gasteiger partial charge is 0.550 e. The van der Waals surface area contributed by atoms with Crippen LogP contribution in [-0.2, 0) is 16.0 Å². The molecule has 1 aliphatic rings. The molecule has 1 fully saturated rings. The van der Waals surface area contributed by atoms with Crippen molar-refractivity contribution in [3.05, 3.63) is 22.2 Å². The first-order valence-corrected chi connectivity index (χ1v) is 5.28. The molecule has 18 heavy (non-hydrogen) atoms. The molecule has 0 atom stereocenters. The van der Waals surface area contributed by atoms with E-state index < -0.39 is 12.4 Å². The number of nitrogens with one attached hydrogen (secondary N) is 1. The van der Waals surface area contributed by atoms with E-state index >= 15 is 0 Å². The van der Waals surface area contributed by atoms with E-state index in [0.29, 0.717) is 32.1 Å². The maximum atomic E-state index is 11.4. The second-order valence-corrected chi connectivity index (χ2v) is 3.70. The molecule has 2 rings (SSSR count). The molecule has 0 radical (unpaired) electrons. The first kappa shape index (κ1) is 15.2. The number of nitrogens with zero attached hydrogens (tertiary/aromatic N) is 2. The number of carboxylic acids is 1. The monoisotopic (exact) mass is 261 g/mol. The van der Waals surface area contributed by atoms with Crippen LogP contribution in [0.15, 0.2) is 10.9 Å². The van der Waals surface area contributed by atoms with E-state index in [1.54, 1.807) is 0 Å². The molecule has 0 aliphatic carbocycles. The van der Waals surface area contributed by atoms with Gasteiger partial charge in [-0.2, -0.15) is 0 Å². The zero-order valence-electron chi connectivity index (χ0n) is 10.1. The molecule has 0 bridgehead atoms. The van der Waals surface area contributed by atoms with Gasteiger partial charge >= 0.3 is 29.6 Å². The minimum atomic E-state index is -1.27. The minimum absolute atomic E-state index is 0. The number of aromatic nitrogens is 2. The Morgan fingerprint density at radius 2 is 2.17 bits per heavy atom. The fourth-order valence-corrected chi connectivity index (χ4v) is 1.67. The van der Waals surface area contributed by atoms with Crippen molar-refractivity contribution in [2.24, 2.45) is 0 Å². The van der Waals surface area contributed by atoms with Crippen LogP contribution >= 0.6 is 0 Å². The fraction of sp³-hybridized carbons (Fsp3) is 0.500. The number of morpholine rings is 1. The molecule has 1 N–H and O–H groups in total. The van der Waals surface area contributed by atoms with Crippen LogP contribution in [0.1, 0.15) is 5.82 Å². The molecule has 7 nitrogen and oxygen atoms in total. The maximum absolute atomic E-state index is 11.4. The number of carbonyl (C=O) groups excluding carboxylic acids is 1. The summed E-state index contributed by atoms with van der Waals surface area (Å²) < 4.78 is 5.19. The predicted molar refractivity (Wildman–Crippen MR) is 56.6 cm³/mol. The summed E-state index contributed by atoms with van der Waals surface area (Å²) in [6.45, 7) is 2.43. The summed E-state index contributed by atoms with van der Waals surface area (Å²) in [6.07, 6.45) is -0.395. The number of rotatable bonds is 3. The van der Waals surface area contributed by atoms with E-state index in [9.17, 15) is 14.7 Å². The number of aromatic amines is 1. The number of H-pyrrole nitrogens is 1. The third-order valence-corrected chi connectivity index (χ3v) is 2.42. The Bertz CT molecular complexity index is 470. The molecule has 8 heteroatoms. The summed E-state index contributed by atoms with van der Waals surface area (Å²) in [6, 6.07) is 1.35. The molecule has 2 heterocycles. The van der Waals surface area contributed by atoms with Crippen molar-refractivity contribution in [1.82, 2.24) is 9.97 Å². The Labute approximate surface area is 125 Å². The van der Waals surface area contributed by atoms with Gasteiger partial charge in [-0.3, -0.25) is 4.79 Å². The molecule has 0 spiro atoms. The van der Waals surface area contributed by atoms with E-state index in [-0.39, 0.29) is 40.9 Å². The Balaban J connectivity index is 0.00000162. The van der Waals surface area contributed by atoms with Gasteiger partial charge in [0, 0.05) is 31.5 Å². The van der Waals surface area contributed by atoms with Crippen molar-refractivity contribution in [2.75, 3.05) is 31.2 Å². The zero-order chi connectivity index (χ0) is 12.3. The number of hydrogen-bond acceptors (Lipinski definition) is 6. The summed E-state index contributed by atoms with van der Waals surface area (Å²) in [5.74, 6) is -0.681. The molecule has 92 valence electrons. The van der Waals surface area contributed by atoms with Gasteiger partial charge in [0.2, 0.25) is 0 Å². The molecule has 0 unspecified atom stereocenters. The maximum Gasteiger partial charge on any atom is 1.00 e. The summed E-state index contributed by atoms with van der Waals surface area (Å²) >= 11 is 0. The van der Waals surface area contributed by atoms with Crippen molar-refractivity contribution in [3.8, 4) is 0 Å². The van der Waals surface area contributed by atoms with Crippen LogP contribution in [0.5, 0.6) is 0 Å². The minimum Gasteiger partial charge on any atom is -0.550 e. The average molecular weight is 261 g/mol. The fourth-order valence-electron chi connectivity index (χ4n) is 1.67. The molecule has 1 saturated heterocycles. The summed E-state index contributed by atoms with van der Waals surface area (Å²) in [7, 11) is 0. The van der Waals surface area contributed by atoms with Gasteiger partial charge in [0.15, 0.2) is 0 Å². The number of anilines is 1. The van der Waals surface area contributed by atoms with Gasteiger partial charge in [0.25, 0.3) is 5.56 Å². The van der Waals surface area contributed by atoms with Crippen LogP contribution < -0.4 is 45.1 Å². The van der Waals surface area contributed by atoms with Crippen molar-refractivity contribution in [1.29, 1.82) is 0 Å². The van der Waals surface area contributed by atoms with Crippen LogP contribution in [0.3, 0.4) is 0 Å². The molecule has 1 aromatic rings.